The normalized spacial score (nSPS) is 27.3. The Kier molecular flexibility index (Phi) is 3.56. The van der Waals surface area contributed by atoms with Crippen LogP contribution in [0.15, 0.2) is 6.20 Å². The molecule has 4 heteroatoms. The SMILES string of the molecule is Cc1cnc(C(C)NC2CC(C)(C)OC2(C)C)s1. The second-order valence-corrected chi connectivity index (χ2v) is 7.69. The van der Waals surface area contributed by atoms with Crippen LogP contribution in [0.3, 0.4) is 0 Å². The second kappa shape index (κ2) is 4.58. The molecular weight excluding hydrogens is 244 g/mol. The van der Waals surface area contributed by atoms with Crippen LogP contribution in [0, 0.1) is 6.92 Å². The predicted molar refractivity (Wildman–Crippen MR) is 76.0 cm³/mol. The molecule has 1 saturated heterocycles. The Bertz CT molecular complexity index is 425. The fraction of sp³-hybridized carbons (Fsp3) is 0.786. The largest absolute Gasteiger partial charge is 0.368 e. The summed E-state index contributed by atoms with van der Waals surface area (Å²) in [4.78, 5) is 5.72. The summed E-state index contributed by atoms with van der Waals surface area (Å²) < 4.78 is 6.11. The quantitative estimate of drug-likeness (QED) is 0.911. The van der Waals surface area contributed by atoms with Gasteiger partial charge in [-0.2, -0.15) is 0 Å². The van der Waals surface area contributed by atoms with Gasteiger partial charge in [-0.3, -0.25) is 0 Å². The smallest absolute Gasteiger partial charge is 0.109 e. The van der Waals surface area contributed by atoms with Crippen molar-refractivity contribution in [2.45, 2.75) is 71.2 Å². The van der Waals surface area contributed by atoms with E-state index in [1.165, 1.54) is 4.88 Å². The van der Waals surface area contributed by atoms with Crippen LogP contribution in [0.2, 0.25) is 0 Å². The van der Waals surface area contributed by atoms with Gasteiger partial charge in [0.25, 0.3) is 0 Å². The third kappa shape index (κ3) is 2.92. The lowest BCUT2D eigenvalue weighted by atomic mass is 9.94. The van der Waals surface area contributed by atoms with Crippen molar-refractivity contribution >= 4 is 11.3 Å². The maximum absolute atomic E-state index is 6.11. The van der Waals surface area contributed by atoms with E-state index in [0.29, 0.717) is 6.04 Å². The van der Waals surface area contributed by atoms with E-state index in [0.717, 1.165) is 11.4 Å². The van der Waals surface area contributed by atoms with Crippen LogP contribution < -0.4 is 5.32 Å². The van der Waals surface area contributed by atoms with E-state index in [2.05, 4.69) is 51.8 Å². The van der Waals surface area contributed by atoms with Crippen LogP contribution >= 0.6 is 11.3 Å². The van der Waals surface area contributed by atoms with Crippen LogP contribution in [0.4, 0.5) is 0 Å². The van der Waals surface area contributed by atoms with E-state index >= 15 is 0 Å². The van der Waals surface area contributed by atoms with Gasteiger partial charge in [-0.25, -0.2) is 4.98 Å². The third-order valence-electron chi connectivity index (χ3n) is 3.53. The molecule has 18 heavy (non-hydrogen) atoms. The van der Waals surface area contributed by atoms with Gasteiger partial charge in [0.2, 0.25) is 0 Å². The van der Waals surface area contributed by atoms with E-state index in [1.807, 2.05) is 6.20 Å². The summed E-state index contributed by atoms with van der Waals surface area (Å²) in [6.07, 6.45) is 2.98. The Labute approximate surface area is 114 Å². The molecule has 0 radical (unpaired) electrons. The van der Waals surface area contributed by atoms with Crippen LogP contribution in [-0.4, -0.2) is 22.2 Å². The number of aromatic nitrogens is 1. The van der Waals surface area contributed by atoms with E-state index in [1.54, 1.807) is 11.3 Å². The van der Waals surface area contributed by atoms with Crippen molar-refractivity contribution in [3.05, 3.63) is 16.1 Å². The van der Waals surface area contributed by atoms with Crippen molar-refractivity contribution in [1.82, 2.24) is 10.3 Å². The van der Waals surface area contributed by atoms with E-state index in [-0.39, 0.29) is 17.2 Å². The van der Waals surface area contributed by atoms with Crippen molar-refractivity contribution in [2.24, 2.45) is 0 Å². The number of thiazole rings is 1. The van der Waals surface area contributed by atoms with Crippen molar-refractivity contribution in [2.75, 3.05) is 0 Å². The van der Waals surface area contributed by atoms with Gasteiger partial charge in [0.05, 0.1) is 17.2 Å². The molecule has 1 aliphatic rings. The zero-order valence-corrected chi connectivity index (χ0v) is 13.0. The molecule has 0 bridgehead atoms. The summed E-state index contributed by atoms with van der Waals surface area (Å²) in [5.41, 5.74) is -0.163. The lowest BCUT2D eigenvalue weighted by Gasteiger charge is -2.29. The standard InChI is InChI=1S/C14H24N2OS/c1-9-8-15-12(18-9)10(2)16-11-7-13(3,4)17-14(11,5)6/h8,10-11,16H,7H2,1-6H3. The molecule has 2 heterocycles. The molecule has 2 unspecified atom stereocenters. The number of nitrogens with zero attached hydrogens (tertiary/aromatic N) is 1. The highest BCUT2D eigenvalue weighted by Gasteiger charge is 2.46. The van der Waals surface area contributed by atoms with E-state index < -0.39 is 0 Å². The minimum Gasteiger partial charge on any atom is -0.368 e. The predicted octanol–water partition coefficient (Wildman–Crippen LogP) is 3.45. The van der Waals surface area contributed by atoms with Crippen molar-refractivity contribution < 1.29 is 4.74 Å². The summed E-state index contributed by atoms with van der Waals surface area (Å²) in [5.74, 6) is 0. The Balaban J connectivity index is 2.05. The lowest BCUT2D eigenvalue weighted by Crippen LogP contribution is -2.44. The number of rotatable bonds is 3. The van der Waals surface area contributed by atoms with Crippen LogP contribution in [0.1, 0.15) is 57.0 Å². The van der Waals surface area contributed by atoms with Gasteiger partial charge in [-0.1, -0.05) is 0 Å². The maximum atomic E-state index is 6.11. The van der Waals surface area contributed by atoms with Crippen LogP contribution in [-0.2, 0) is 4.74 Å². The number of hydrogen-bond donors (Lipinski definition) is 1. The summed E-state index contributed by atoms with van der Waals surface area (Å²) >= 11 is 1.76. The Morgan fingerprint density at radius 2 is 2.11 bits per heavy atom. The molecule has 1 aromatic heterocycles. The maximum Gasteiger partial charge on any atom is 0.109 e. The number of nitrogens with one attached hydrogen (secondary N) is 1. The van der Waals surface area contributed by atoms with Gasteiger partial charge < -0.3 is 10.1 Å². The van der Waals surface area contributed by atoms with Crippen molar-refractivity contribution in [3.8, 4) is 0 Å². The molecule has 0 spiro atoms. The number of aryl methyl sites for hydroxylation is 1. The molecule has 0 saturated carbocycles. The topological polar surface area (TPSA) is 34.2 Å². The van der Waals surface area contributed by atoms with Gasteiger partial charge in [0.1, 0.15) is 5.01 Å². The Hall–Kier alpha value is -0.450. The molecule has 3 nitrogen and oxygen atoms in total. The first-order valence-electron chi connectivity index (χ1n) is 6.58. The monoisotopic (exact) mass is 268 g/mol. The van der Waals surface area contributed by atoms with E-state index in [4.69, 9.17) is 4.74 Å². The van der Waals surface area contributed by atoms with Gasteiger partial charge in [-0.05, 0) is 48.0 Å². The van der Waals surface area contributed by atoms with Gasteiger partial charge >= 0.3 is 0 Å². The molecule has 1 aromatic rings. The molecular formula is C14H24N2OS. The van der Waals surface area contributed by atoms with Gasteiger partial charge in [-0.15, -0.1) is 11.3 Å². The van der Waals surface area contributed by atoms with Gasteiger partial charge in [0.15, 0.2) is 0 Å². The summed E-state index contributed by atoms with van der Waals surface area (Å²) in [5, 5.41) is 4.84. The number of hydrogen-bond acceptors (Lipinski definition) is 4. The molecule has 1 N–H and O–H groups in total. The first kappa shape index (κ1) is 14.0. The molecule has 1 fully saturated rings. The molecule has 2 rings (SSSR count). The summed E-state index contributed by atoms with van der Waals surface area (Å²) in [7, 11) is 0. The first-order valence-corrected chi connectivity index (χ1v) is 7.40. The van der Waals surface area contributed by atoms with Crippen LogP contribution in [0.25, 0.3) is 0 Å². The highest BCUT2D eigenvalue weighted by molar-refractivity contribution is 7.11. The second-order valence-electron chi connectivity index (χ2n) is 6.42. The zero-order chi connectivity index (χ0) is 13.6. The molecule has 0 amide bonds. The highest BCUT2D eigenvalue weighted by atomic mass is 32.1. The molecule has 0 aromatic carbocycles. The fourth-order valence-electron chi connectivity index (χ4n) is 2.77. The molecule has 102 valence electrons. The van der Waals surface area contributed by atoms with Crippen molar-refractivity contribution in [1.29, 1.82) is 0 Å². The summed E-state index contributed by atoms with van der Waals surface area (Å²) in [6, 6.07) is 0.650. The molecule has 0 aliphatic carbocycles. The fourth-order valence-corrected chi connectivity index (χ4v) is 3.55. The molecule has 1 aliphatic heterocycles. The Morgan fingerprint density at radius 1 is 1.44 bits per heavy atom. The average molecular weight is 268 g/mol. The minimum atomic E-state index is -0.121. The average Bonchev–Trinajstić information content (AvgIpc) is 2.68. The van der Waals surface area contributed by atoms with Crippen LogP contribution in [0.5, 0.6) is 0 Å². The first-order chi connectivity index (χ1) is 8.20. The third-order valence-corrected chi connectivity index (χ3v) is 4.63. The van der Waals surface area contributed by atoms with Gasteiger partial charge in [0, 0.05) is 17.1 Å². The van der Waals surface area contributed by atoms with Crippen molar-refractivity contribution in [3.63, 3.8) is 0 Å². The van der Waals surface area contributed by atoms with E-state index in [9.17, 15) is 0 Å². The minimum absolute atomic E-state index is 0.0420. The Morgan fingerprint density at radius 3 is 2.56 bits per heavy atom. The lowest BCUT2D eigenvalue weighted by molar-refractivity contribution is -0.0703. The zero-order valence-electron chi connectivity index (χ0n) is 12.2. The highest BCUT2D eigenvalue weighted by Crippen LogP contribution is 2.38. The number of ether oxygens (including phenoxy) is 1. The summed E-state index contributed by atoms with van der Waals surface area (Å²) in [6.45, 7) is 12.9. The molecule has 2 atom stereocenters.